The van der Waals surface area contributed by atoms with Gasteiger partial charge >= 0.3 is 0 Å². The predicted octanol–water partition coefficient (Wildman–Crippen LogP) is 0.957. The minimum Gasteiger partial charge on any atom is -0.355 e. The average molecular weight is 358 g/mol. The molecule has 0 aliphatic heterocycles. The van der Waals surface area contributed by atoms with Crippen LogP contribution >= 0.6 is 0 Å². The van der Waals surface area contributed by atoms with E-state index in [-0.39, 0.29) is 23.7 Å². The van der Waals surface area contributed by atoms with Crippen LogP contribution in [0.4, 0.5) is 0 Å². The Labute approximate surface area is 152 Å². The van der Waals surface area contributed by atoms with Crippen LogP contribution in [-0.2, 0) is 22.4 Å². The molecule has 1 aliphatic rings. The summed E-state index contributed by atoms with van der Waals surface area (Å²) < 4.78 is 0. The third-order valence-corrected chi connectivity index (χ3v) is 4.97. The molecule has 0 spiro atoms. The Balaban J connectivity index is 1.31. The van der Waals surface area contributed by atoms with Crippen molar-refractivity contribution in [1.29, 1.82) is 0 Å². The molecule has 26 heavy (non-hydrogen) atoms. The summed E-state index contributed by atoms with van der Waals surface area (Å²) in [6.45, 7) is 1.21. The van der Waals surface area contributed by atoms with Crippen molar-refractivity contribution >= 4 is 11.8 Å². The molecule has 2 amide bonds. The van der Waals surface area contributed by atoms with Crippen molar-refractivity contribution in [2.75, 3.05) is 13.1 Å². The van der Waals surface area contributed by atoms with E-state index >= 15 is 0 Å². The van der Waals surface area contributed by atoms with Gasteiger partial charge in [0.05, 0.1) is 12.7 Å². The van der Waals surface area contributed by atoms with E-state index in [1.54, 1.807) is 25.0 Å². The molecular formula is C18H26N6O2. The van der Waals surface area contributed by atoms with Crippen LogP contribution in [0.15, 0.2) is 25.0 Å². The zero-order valence-corrected chi connectivity index (χ0v) is 14.8. The highest BCUT2D eigenvalue weighted by Gasteiger charge is 2.29. The van der Waals surface area contributed by atoms with Gasteiger partial charge in [-0.1, -0.05) is 0 Å². The van der Waals surface area contributed by atoms with E-state index in [9.17, 15) is 9.59 Å². The minimum atomic E-state index is 0.0193. The molecule has 3 rings (SSSR count). The van der Waals surface area contributed by atoms with Gasteiger partial charge < -0.3 is 20.6 Å². The van der Waals surface area contributed by atoms with E-state index in [4.69, 9.17) is 0 Å². The van der Waals surface area contributed by atoms with Gasteiger partial charge in [0.15, 0.2) is 0 Å². The van der Waals surface area contributed by atoms with E-state index in [1.807, 2.05) is 0 Å². The number of hydrogen-bond donors (Lipinski definition) is 4. The Morgan fingerprint density at radius 3 is 1.62 bits per heavy atom. The molecule has 0 radical (unpaired) electrons. The fraction of sp³-hybridized carbons (Fsp3) is 0.556. The first kappa shape index (κ1) is 18.2. The summed E-state index contributed by atoms with van der Waals surface area (Å²) in [4.78, 5) is 38.5. The number of amides is 2. The molecule has 2 aromatic rings. The predicted molar refractivity (Wildman–Crippen MR) is 96.1 cm³/mol. The molecule has 140 valence electrons. The second kappa shape index (κ2) is 9.17. The van der Waals surface area contributed by atoms with Crippen LogP contribution in [0, 0.1) is 11.8 Å². The number of aromatic nitrogens is 4. The number of imidazole rings is 2. The number of H-pyrrole nitrogens is 2. The van der Waals surface area contributed by atoms with Gasteiger partial charge in [-0.05, 0) is 25.7 Å². The summed E-state index contributed by atoms with van der Waals surface area (Å²) in [5, 5.41) is 5.98. The highest BCUT2D eigenvalue weighted by molar-refractivity contribution is 5.81. The van der Waals surface area contributed by atoms with Crippen LogP contribution in [0.25, 0.3) is 0 Å². The number of aromatic amines is 2. The third-order valence-electron chi connectivity index (χ3n) is 4.97. The maximum absolute atomic E-state index is 12.3. The molecule has 8 nitrogen and oxygen atoms in total. The van der Waals surface area contributed by atoms with Crippen LogP contribution in [0.3, 0.4) is 0 Å². The van der Waals surface area contributed by atoms with Crippen molar-refractivity contribution in [3.05, 3.63) is 36.4 Å². The van der Waals surface area contributed by atoms with Gasteiger partial charge in [-0.25, -0.2) is 9.97 Å². The molecule has 0 atom stereocenters. The summed E-state index contributed by atoms with van der Waals surface area (Å²) in [7, 11) is 0. The topological polar surface area (TPSA) is 116 Å². The number of nitrogens with one attached hydrogen (secondary N) is 4. The Hall–Kier alpha value is -2.64. The van der Waals surface area contributed by atoms with Crippen LogP contribution in [-0.4, -0.2) is 44.8 Å². The van der Waals surface area contributed by atoms with Crippen molar-refractivity contribution in [2.45, 2.75) is 38.5 Å². The van der Waals surface area contributed by atoms with Crippen molar-refractivity contribution in [2.24, 2.45) is 11.8 Å². The first-order chi connectivity index (χ1) is 12.7. The molecule has 1 fully saturated rings. The van der Waals surface area contributed by atoms with Gasteiger partial charge in [0.25, 0.3) is 0 Å². The van der Waals surface area contributed by atoms with E-state index in [0.29, 0.717) is 13.1 Å². The summed E-state index contributed by atoms with van der Waals surface area (Å²) in [5.41, 5.74) is 2.03. The molecule has 1 aliphatic carbocycles. The second-order valence-corrected chi connectivity index (χ2v) is 6.78. The highest BCUT2D eigenvalue weighted by Crippen LogP contribution is 2.29. The van der Waals surface area contributed by atoms with Crippen molar-refractivity contribution in [3.63, 3.8) is 0 Å². The summed E-state index contributed by atoms with van der Waals surface area (Å²) >= 11 is 0. The molecule has 0 aromatic carbocycles. The Morgan fingerprint density at radius 2 is 1.27 bits per heavy atom. The lowest BCUT2D eigenvalue weighted by Crippen LogP contribution is -2.38. The second-order valence-electron chi connectivity index (χ2n) is 6.78. The standard InChI is InChI=1S/C18H26N6O2/c25-17(21-7-5-15-9-19-11-23-15)13-1-2-14(4-3-13)18(26)22-8-6-16-10-20-12-24-16/h9-14H,1-8H2,(H,19,23)(H,20,24)(H,21,25)(H,22,26). The zero-order chi connectivity index (χ0) is 18.2. The zero-order valence-electron chi connectivity index (χ0n) is 14.8. The van der Waals surface area contributed by atoms with Crippen molar-refractivity contribution in [1.82, 2.24) is 30.6 Å². The molecule has 0 bridgehead atoms. The molecule has 2 heterocycles. The largest absolute Gasteiger partial charge is 0.355 e. The van der Waals surface area contributed by atoms with Gasteiger partial charge in [-0.15, -0.1) is 0 Å². The molecule has 2 aromatic heterocycles. The lowest BCUT2D eigenvalue weighted by molar-refractivity contribution is -0.130. The molecule has 0 unspecified atom stereocenters. The lowest BCUT2D eigenvalue weighted by atomic mass is 9.81. The van der Waals surface area contributed by atoms with Crippen LogP contribution < -0.4 is 10.6 Å². The first-order valence-electron chi connectivity index (χ1n) is 9.22. The number of rotatable bonds is 8. The normalized spacial score (nSPS) is 19.8. The average Bonchev–Trinajstić information content (AvgIpc) is 3.36. The van der Waals surface area contributed by atoms with Gasteiger partial charge in [0.2, 0.25) is 11.8 Å². The fourth-order valence-corrected chi connectivity index (χ4v) is 3.39. The van der Waals surface area contributed by atoms with E-state index in [0.717, 1.165) is 49.9 Å². The third kappa shape index (κ3) is 5.18. The van der Waals surface area contributed by atoms with Crippen LogP contribution in [0.5, 0.6) is 0 Å². The smallest absolute Gasteiger partial charge is 0.223 e. The monoisotopic (exact) mass is 358 g/mol. The number of carbonyl (C=O) groups is 2. The maximum Gasteiger partial charge on any atom is 0.223 e. The first-order valence-corrected chi connectivity index (χ1v) is 9.22. The Bertz CT molecular complexity index is 614. The van der Waals surface area contributed by atoms with E-state index in [1.165, 1.54) is 0 Å². The highest BCUT2D eigenvalue weighted by atomic mass is 16.2. The number of carbonyl (C=O) groups excluding carboxylic acids is 2. The summed E-state index contributed by atoms with van der Waals surface area (Å²) in [6.07, 6.45) is 11.4. The SMILES string of the molecule is O=C(NCCc1cnc[nH]1)C1CCC(C(=O)NCCc2cnc[nH]2)CC1. The number of hydrogen-bond acceptors (Lipinski definition) is 4. The summed E-state index contributed by atoms with van der Waals surface area (Å²) in [6, 6.07) is 0. The molecule has 1 saturated carbocycles. The van der Waals surface area contributed by atoms with Crippen LogP contribution in [0.1, 0.15) is 37.1 Å². The Kier molecular flexibility index (Phi) is 6.40. The maximum atomic E-state index is 12.3. The van der Waals surface area contributed by atoms with Gasteiger partial charge in [-0.3, -0.25) is 9.59 Å². The molecular weight excluding hydrogens is 332 g/mol. The van der Waals surface area contributed by atoms with Gasteiger partial charge in [0.1, 0.15) is 0 Å². The quantitative estimate of drug-likeness (QED) is 0.562. The van der Waals surface area contributed by atoms with Crippen LogP contribution in [0.2, 0.25) is 0 Å². The Morgan fingerprint density at radius 1 is 0.846 bits per heavy atom. The van der Waals surface area contributed by atoms with E-state index in [2.05, 4.69) is 30.6 Å². The minimum absolute atomic E-state index is 0.0193. The van der Waals surface area contributed by atoms with Crippen molar-refractivity contribution < 1.29 is 9.59 Å². The van der Waals surface area contributed by atoms with Gasteiger partial charge in [0, 0.05) is 61.5 Å². The van der Waals surface area contributed by atoms with Crippen molar-refractivity contribution in [3.8, 4) is 0 Å². The van der Waals surface area contributed by atoms with E-state index < -0.39 is 0 Å². The molecule has 8 heteroatoms. The number of nitrogens with zero attached hydrogens (tertiary/aromatic N) is 2. The summed E-state index contributed by atoms with van der Waals surface area (Å²) in [5.74, 6) is 0.238. The lowest BCUT2D eigenvalue weighted by Gasteiger charge is -2.27. The molecule has 4 N–H and O–H groups in total. The molecule has 0 saturated heterocycles. The fourth-order valence-electron chi connectivity index (χ4n) is 3.39. The van der Waals surface area contributed by atoms with Gasteiger partial charge in [-0.2, -0.15) is 0 Å².